The number of hydrogen-bond acceptors (Lipinski definition) is 4. The summed E-state index contributed by atoms with van der Waals surface area (Å²) >= 11 is 0. The molecule has 0 spiro atoms. The molecule has 0 radical (unpaired) electrons. The molecule has 26 heavy (non-hydrogen) atoms. The Balaban J connectivity index is 1.36. The first-order valence-electron chi connectivity index (χ1n) is 10.0. The van der Waals surface area contributed by atoms with Crippen LogP contribution in [0.1, 0.15) is 12.0 Å². The van der Waals surface area contributed by atoms with Crippen LogP contribution in [0.4, 0.5) is 0 Å². The summed E-state index contributed by atoms with van der Waals surface area (Å²) in [6.45, 7) is 9.42. The van der Waals surface area contributed by atoms with E-state index >= 15 is 0 Å². The maximum atomic E-state index is 4.32. The number of rotatable bonds is 6. The summed E-state index contributed by atoms with van der Waals surface area (Å²) in [7, 11) is 0. The van der Waals surface area contributed by atoms with Crippen LogP contribution in [0, 0.1) is 5.92 Å². The van der Waals surface area contributed by atoms with Crippen molar-refractivity contribution in [3.05, 3.63) is 54.4 Å². The van der Waals surface area contributed by atoms with Gasteiger partial charge >= 0.3 is 0 Å². The maximum Gasteiger partial charge on any atom is 0.0489 e. The minimum absolute atomic E-state index is 0.227. The number of benzene rings is 1. The molecular weight excluding hydrogens is 322 g/mol. The van der Waals surface area contributed by atoms with Gasteiger partial charge in [-0.2, -0.15) is 5.10 Å². The van der Waals surface area contributed by atoms with Crippen molar-refractivity contribution in [3.63, 3.8) is 0 Å². The standard InChI is InChI=1S/C21H29N5/c1-2-6-19(7-3-1)21-16-24-12-13-25(17-21)15-18(14-24)20(21)22-8-4-10-26-11-5-9-23-26/h1-3,5-7,9,11,18,20,22H,4,8,10,12-17H2. The van der Waals surface area contributed by atoms with Crippen molar-refractivity contribution < 1.29 is 0 Å². The van der Waals surface area contributed by atoms with Gasteiger partial charge in [0.1, 0.15) is 0 Å². The molecule has 0 saturated carbocycles. The summed E-state index contributed by atoms with van der Waals surface area (Å²) in [6, 6.07) is 13.9. The van der Waals surface area contributed by atoms with Crippen molar-refractivity contribution in [1.82, 2.24) is 24.9 Å². The number of nitrogens with one attached hydrogen (secondary N) is 1. The predicted molar refractivity (Wildman–Crippen MR) is 103 cm³/mol. The monoisotopic (exact) mass is 351 g/mol. The van der Waals surface area contributed by atoms with E-state index in [1.54, 1.807) is 0 Å². The molecule has 4 aliphatic rings. The highest BCUT2D eigenvalue weighted by molar-refractivity contribution is 5.33. The molecule has 5 nitrogen and oxygen atoms in total. The van der Waals surface area contributed by atoms with Gasteiger partial charge in [0.2, 0.25) is 0 Å². The molecule has 0 aliphatic carbocycles. The lowest BCUT2D eigenvalue weighted by atomic mass is 9.64. The second-order valence-electron chi connectivity index (χ2n) is 8.31. The van der Waals surface area contributed by atoms with E-state index in [0.29, 0.717) is 6.04 Å². The van der Waals surface area contributed by atoms with Crippen molar-refractivity contribution in [2.24, 2.45) is 5.92 Å². The Kier molecular flexibility index (Phi) is 4.31. The summed E-state index contributed by atoms with van der Waals surface area (Å²) in [5, 5.41) is 8.32. The Morgan fingerprint density at radius 3 is 2.50 bits per heavy atom. The van der Waals surface area contributed by atoms with E-state index in [1.807, 2.05) is 16.9 Å². The SMILES string of the molecule is c1ccc(C23CN4CCN(CC(C4)C2NCCCn2cccn2)C3)cc1. The normalized spacial score (nSPS) is 35.5. The summed E-state index contributed by atoms with van der Waals surface area (Å²) in [5.41, 5.74) is 1.75. The molecule has 1 N–H and O–H groups in total. The lowest BCUT2D eigenvalue weighted by Gasteiger charge is -2.56. The van der Waals surface area contributed by atoms with Crippen molar-refractivity contribution in [2.75, 3.05) is 45.8 Å². The zero-order valence-electron chi connectivity index (χ0n) is 15.4. The number of hydrogen-bond donors (Lipinski definition) is 1. The highest BCUT2D eigenvalue weighted by Crippen LogP contribution is 2.43. The van der Waals surface area contributed by atoms with Gasteiger partial charge in [-0.1, -0.05) is 30.3 Å². The molecule has 3 unspecified atom stereocenters. The Hall–Kier alpha value is -1.69. The third-order valence-electron chi connectivity index (χ3n) is 6.63. The highest BCUT2D eigenvalue weighted by atomic mass is 15.3. The summed E-state index contributed by atoms with van der Waals surface area (Å²) < 4.78 is 2.04. The second kappa shape index (κ2) is 6.80. The minimum atomic E-state index is 0.227. The third-order valence-corrected chi connectivity index (χ3v) is 6.63. The van der Waals surface area contributed by atoms with Gasteiger partial charge in [0, 0.05) is 75.6 Å². The first kappa shape index (κ1) is 16.5. The molecule has 138 valence electrons. The number of piperidine rings is 2. The fourth-order valence-electron chi connectivity index (χ4n) is 5.61. The van der Waals surface area contributed by atoms with Gasteiger partial charge in [-0.05, 0) is 24.6 Å². The quantitative estimate of drug-likeness (QED) is 0.799. The van der Waals surface area contributed by atoms with Crippen molar-refractivity contribution in [3.8, 4) is 0 Å². The van der Waals surface area contributed by atoms with Crippen LogP contribution in [0.5, 0.6) is 0 Å². The molecule has 1 aromatic carbocycles. The van der Waals surface area contributed by atoms with Gasteiger partial charge in [-0.15, -0.1) is 0 Å². The molecule has 4 fully saturated rings. The summed E-state index contributed by atoms with van der Waals surface area (Å²) in [4.78, 5) is 5.43. The van der Waals surface area contributed by atoms with E-state index in [1.165, 1.54) is 44.8 Å². The van der Waals surface area contributed by atoms with E-state index < -0.39 is 0 Å². The van der Waals surface area contributed by atoms with Crippen LogP contribution >= 0.6 is 0 Å². The highest BCUT2D eigenvalue weighted by Gasteiger charge is 2.54. The van der Waals surface area contributed by atoms with Crippen LogP contribution in [0.3, 0.4) is 0 Å². The molecule has 0 amide bonds. The van der Waals surface area contributed by atoms with Gasteiger partial charge < -0.3 is 15.1 Å². The van der Waals surface area contributed by atoms with Gasteiger partial charge in [0.25, 0.3) is 0 Å². The molecule has 4 bridgehead atoms. The number of aromatic nitrogens is 2. The average molecular weight is 351 g/mol. The predicted octanol–water partition coefficient (Wildman–Crippen LogP) is 1.43. The van der Waals surface area contributed by atoms with Gasteiger partial charge in [0.15, 0.2) is 0 Å². The number of fused-ring (bicyclic) bond motifs is 1. The molecule has 1 aromatic heterocycles. The fraction of sp³-hybridized carbons (Fsp3) is 0.571. The molecule has 2 aromatic rings. The van der Waals surface area contributed by atoms with E-state index in [9.17, 15) is 0 Å². The summed E-state index contributed by atoms with van der Waals surface area (Å²) in [6.07, 6.45) is 5.05. The van der Waals surface area contributed by atoms with E-state index in [-0.39, 0.29) is 5.41 Å². The van der Waals surface area contributed by atoms with Crippen LogP contribution < -0.4 is 5.32 Å². The van der Waals surface area contributed by atoms with Gasteiger partial charge in [-0.25, -0.2) is 0 Å². The maximum absolute atomic E-state index is 4.32. The third kappa shape index (κ3) is 2.88. The zero-order valence-corrected chi connectivity index (χ0v) is 15.4. The molecule has 5 heterocycles. The summed E-state index contributed by atoms with van der Waals surface area (Å²) in [5.74, 6) is 0.727. The van der Waals surface area contributed by atoms with Crippen LogP contribution in [0.15, 0.2) is 48.8 Å². The van der Waals surface area contributed by atoms with Crippen molar-refractivity contribution >= 4 is 0 Å². The van der Waals surface area contributed by atoms with Crippen LogP contribution in [-0.4, -0.2) is 71.4 Å². The van der Waals surface area contributed by atoms with Gasteiger partial charge in [0.05, 0.1) is 0 Å². The molecule has 4 aliphatic heterocycles. The van der Waals surface area contributed by atoms with Crippen molar-refractivity contribution in [1.29, 1.82) is 0 Å². The van der Waals surface area contributed by atoms with Crippen molar-refractivity contribution in [2.45, 2.75) is 24.4 Å². The minimum Gasteiger partial charge on any atom is -0.313 e. The zero-order chi connectivity index (χ0) is 17.4. The van der Waals surface area contributed by atoms with Gasteiger partial charge in [-0.3, -0.25) is 4.68 Å². The second-order valence-corrected chi connectivity index (χ2v) is 8.31. The molecular formula is C21H29N5. The molecule has 4 saturated heterocycles. The van der Waals surface area contributed by atoms with E-state index in [4.69, 9.17) is 0 Å². The molecule has 6 rings (SSSR count). The smallest absolute Gasteiger partial charge is 0.0489 e. The average Bonchev–Trinajstić information content (AvgIpc) is 3.06. The molecule has 3 atom stereocenters. The Morgan fingerprint density at radius 1 is 1.04 bits per heavy atom. The van der Waals surface area contributed by atoms with Crippen LogP contribution in [-0.2, 0) is 12.0 Å². The Morgan fingerprint density at radius 2 is 1.81 bits per heavy atom. The lowest BCUT2D eigenvalue weighted by Crippen LogP contribution is -2.70. The Bertz CT molecular complexity index is 697. The van der Waals surface area contributed by atoms with Crippen LogP contribution in [0.25, 0.3) is 0 Å². The van der Waals surface area contributed by atoms with E-state index in [0.717, 1.165) is 25.4 Å². The topological polar surface area (TPSA) is 36.3 Å². The largest absolute Gasteiger partial charge is 0.313 e. The number of nitrogens with zero attached hydrogens (tertiary/aromatic N) is 4. The first-order chi connectivity index (χ1) is 12.8. The molecule has 5 heteroatoms. The number of aryl methyl sites for hydroxylation is 1. The Labute approximate surface area is 156 Å². The fourth-order valence-corrected chi connectivity index (χ4v) is 5.61. The lowest BCUT2D eigenvalue weighted by molar-refractivity contribution is 0.0182. The van der Waals surface area contributed by atoms with Crippen LogP contribution in [0.2, 0.25) is 0 Å². The first-order valence-corrected chi connectivity index (χ1v) is 10.0. The van der Waals surface area contributed by atoms with E-state index in [2.05, 4.69) is 56.7 Å².